The number of rotatable bonds is 2. The van der Waals surface area contributed by atoms with Gasteiger partial charge in [0.2, 0.25) is 10.0 Å². The molecule has 1 heterocycles. The minimum absolute atomic E-state index is 0.101. The molecule has 0 aliphatic carbocycles. The zero-order chi connectivity index (χ0) is 15.2. The number of aryl methyl sites for hydroxylation is 2. The first-order chi connectivity index (χ1) is 9.16. The van der Waals surface area contributed by atoms with Crippen LogP contribution in [0.25, 0.3) is 0 Å². The number of nitrogens with two attached hydrogens (primary N) is 1. The molecule has 0 aromatic heterocycles. The third kappa shape index (κ3) is 2.31. The molecule has 2 unspecified atom stereocenters. The van der Waals surface area contributed by atoms with Crippen molar-refractivity contribution in [3.63, 3.8) is 0 Å². The lowest BCUT2D eigenvalue weighted by Crippen LogP contribution is -2.31. The van der Waals surface area contributed by atoms with Gasteiger partial charge in [0, 0.05) is 18.8 Å². The molecule has 4 N–H and O–H groups in total. The zero-order valence-corrected chi connectivity index (χ0v) is 12.6. The van der Waals surface area contributed by atoms with Crippen LogP contribution < -0.4 is 5.73 Å². The second-order valence-corrected chi connectivity index (χ2v) is 7.21. The largest absolute Gasteiger partial charge is 0.398 e. The Morgan fingerprint density at radius 1 is 1.15 bits per heavy atom. The van der Waals surface area contributed by atoms with Crippen LogP contribution in [-0.2, 0) is 10.0 Å². The van der Waals surface area contributed by atoms with Gasteiger partial charge in [-0.1, -0.05) is 6.07 Å². The number of benzene rings is 1. The molecule has 1 aliphatic rings. The minimum Gasteiger partial charge on any atom is -0.398 e. The molecule has 2 rings (SSSR count). The van der Waals surface area contributed by atoms with E-state index in [4.69, 9.17) is 5.73 Å². The van der Waals surface area contributed by atoms with Gasteiger partial charge in [-0.05, 0) is 37.5 Å². The maximum atomic E-state index is 12.7. The molecule has 0 amide bonds. The lowest BCUT2D eigenvalue weighted by Gasteiger charge is -2.20. The fourth-order valence-corrected chi connectivity index (χ4v) is 4.56. The van der Waals surface area contributed by atoms with Crippen molar-refractivity contribution >= 4 is 15.7 Å². The molecule has 0 saturated carbocycles. The first-order valence-electron chi connectivity index (χ1n) is 6.38. The number of nitrogen functional groups attached to an aromatic ring is 1. The summed E-state index contributed by atoms with van der Waals surface area (Å²) in [5.74, 6) is 0. The van der Waals surface area contributed by atoms with Crippen LogP contribution in [0.15, 0.2) is 11.0 Å². The molecule has 20 heavy (non-hydrogen) atoms. The molecule has 2 atom stereocenters. The molecule has 0 bridgehead atoms. The summed E-state index contributed by atoms with van der Waals surface area (Å²) in [6.07, 6.45) is -2.10. The van der Waals surface area contributed by atoms with E-state index < -0.39 is 22.2 Å². The van der Waals surface area contributed by atoms with Crippen molar-refractivity contribution in [3.8, 4) is 0 Å². The van der Waals surface area contributed by atoms with Crippen LogP contribution in [0.5, 0.6) is 0 Å². The molecular weight excluding hydrogens is 280 g/mol. The first kappa shape index (κ1) is 15.2. The smallest absolute Gasteiger partial charge is 0.243 e. The van der Waals surface area contributed by atoms with Crippen LogP contribution in [0.4, 0.5) is 5.69 Å². The van der Waals surface area contributed by atoms with E-state index in [-0.39, 0.29) is 18.0 Å². The number of hydrogen-bond acceptors (Lipinski definition) is 5. The Kier molecular flexibility index (Phi) is 3.81. The fourth-order valence-electron chi connectivity index (χ4n) is 2.64. The van der Waals surface area contributed by atoms with Gasteiger partial charge in [-0.15, -0.1) is 0 Å². The van der Waals surface area contributed by atoms with Crippen molar-refractivity contribution in [2.45, 2.75) is 37.9 Å². The Morgan fingerprint density at radius 3 is 2.15 bits per heavy atom. The third-order valence-electron chi connectivity index (χ3n) is 3.78. The standard InChI is InChI=1S/C13H20N2O4S/c1-7-4-8(2)13(9(3)12(7)14)20(18,19)15-5-10(16)11(17)6-15/h4,10-11,16-17H,5-6,14H2,1-3H3. The first-order valence-corrected chi connectivity index (χ1v) is 7.82. The predicted molar refractivity (Wildman–Crippen MR) is 75.8 cm³/mol. The average molecular weight is 300 g/mol. The monoisotopic (exact) mass is 300 g/mol. The van der Waals surface area contributed by atoms with Crippen LogP contribution in [0.1, 0.15) is 16.7 Å². The SMILES string of the molecule is Cc1cc(C)c(S(=O)(=O)N2CC(O)C(O)C2)c(C)c1N. The van der Waals surface area contributed by atoms with E-state index in [1.54, 1.807) is 19.9 Å². The number of β-amino-alcohol motifs (C(OH)–C–C–N with tert-alkyl or cyclic N) is 2. The van der Waals surface area contributed by atoms with Gasteiger partial charge in [0.05, 0.1) is 17.1 Å². The van der Waals surface area contributed by atoms with Gasteiger partial charge < -0.3 is 15.9 Å². The van der Waals surface area contributed by atoms with Crippen molar-refractivity contribution in [2.24, 2.45) is 0 Å². The Bertz CT molecular complexity index is 632. The summed E-state index contributed by atoms with van der Waals surface area (Å²) < 4.78 is 26.5. The van der Waals surface area contributed by atoms with E-state index in [1.807, 2.05) is 6.92 Å². The van der Waals surface area contributed by atoms with Crippen molar-refractivity contribution in [1.82, 2.24) is 4.31 Å². The molecule has 1 aromatic rings. The summed E-state index contributed by atoms with van der Waals surface area (Å²) in [6.45, 7) is 5.02. The van der Waals surface area contributed by atoms with Gasteiger partial charge in [-0.2, -0.15) is 4.31 Å². The molecule has 1 saturated heterocycles. The number of hydrogen-bond donors (Lipinski definition) is 3. The van der Waals surface area contributed by atoms with Gasteiger partial charge in [0.1, 0.15) is 0 Å². The number of sulfonamides is 1. The van der Waals surface area contributed by atoms with Crippen molar-refractivity contribution in [3.05, 3.63) is 22.8 Å². The summed E-state index contributed by atoms with van der Waals surface area (Å²) in [4.78, 5) is 0.168. The van der Waals surface area contributed by atoms with E-state index >= 15 is 0 Å². The lowest BCUT2D eigenvalue weighted by atomic mass is 10.1. The second-order valence-electron chi connectivity index (χ2n) is 5.33. The van der Waals surface area contributed by atoms with Gasteiger partial charge >= 0.3 is 0 Å². The Labute approximate surface area is 118 Å². The summed E-state index contributed by atoms with van der Waals surface area (Å²) in [7, 11) is -3.77. The number of aliphatic hydroxyl groups excluding tert-OH is 2. The summed E-state index contributed by atoms with van der Waals surface area (Å²) >= 11 is 0. The highest BCUT2D eigenvalue weighted by molar-refractivity contribution is 7.89. The summed E-state index contributed by atoms with van der Waals surface area (Å²) in [6, 6.07) is 1.73. The van der Waals surface area contributed by atoms with Crippen LogP contribution in [-0.4, -0.2) is 48.2 Å². The van der Waals surface area contributed by atoms with Gasteiger partial charge in [0.25, 0.3) is 0 Å². The minimum atomic E-state index is -3.77. The normalized spacial score (nSPS) is 24.2. The second kappa shape index (κ2) is 5.00. The zero-order valence-electron chi connectivity index (χ0n) is 11.8. The molecule has 7 heteroatoms. The number of anilines is 1. The predicted octanol–water partition coefficient (Wildman–Crippen LogP) is -0.0798. The van der Waals surface area contributed by atoms with Crippen LogP contribution >= 0.6 is 0 Å². The maximum absolute atomic E-state index is 12.7. The summed E-state index contributed by atoms with van der Waals surface area (Å²) in [5, 5.41) is 19.1. The Morgan fingerprint density at radius 2 is 1.65 bits per heavy atom. The fraction of sp³-hybridized carbons (Fsp3) is 0.538. The molecule has 112 valence electrons. The van der Waals surface area contributed by atoms with Crippen LogP contribution in [0.3, 0.4) is 0 Å². The highest BCUT2D eigenvalue weighted by Gasteiger charge is 2.39. The molecule has 1 aliphatic heterocycles. The number of nitrogens with zero attached hydrogens (tertiary/aromatic N) is 1. The van der Waals surface area contributed by atoms with Crippen molar-refractivity contribution in [2.75, 3.05) is 18.8 Å². The highest BCUT2D eigenvalue weighted by Crippen LogP contribution is 2.31. The van der Waals surface area contributed by atoms with Crippen LogP contribution in [0, 0.1) is 20.8 Å². The van der Waals surface area contributed by atoms with E-state index in [0.29, 0.717) is 16.8 Å². The van der Waals surface area contributed by atoms with Crippen molar-refractivity contribution < 1.29 is 18.6 Å². The molecule has 1 aromatic carbocycles. The number of aliphatic hydroxyl groups is 2. The van der Waals surface area contributed by atoms with E-state index in [2.05, 4.69) is 0 Å². The topological polar surface area (TPSA) is 104 Å². The Hall–Kier alpha value is -1.15. The van der Waals surface area contributed by atoms with E-state index in [0.717, 1.165) is 9.87 Å². The van der Waals surface area contributed by atoms with E-state index in [1.165, 1.54) is 0 Å². The third-order valence-corrected chi connectivity index (χ3v) is 5.91. The maximum Gasteiger partial charge on any atom is 0.243 e. The molecule has 0 spiro atoms. The molecule has 6 nitrogen and oxygen atoms in total. The van der Waals surface area contributed by atoms with Gasteiger partial charge in [-0.25, -0.2) is 8.42 Å². The molecular formula is C13H20N2O4S. The lowest BCUT2D eigenvalue weighted by molar-refractivity contribution is 0.0572. The Balaban J connectivity index is 2.54. The summed E-state index contributed by atoms with van der Waals surface area (Å²) in [5.41, 5.74) is 8.33. The average Bonchev–Trinajstić information content (AvgIpc) is 2.67. The molecule has 1 fully saturated rings. The highest BCUT2D eigenvalue weighted by atomic mass is 32.2. The van der Waals surface area contributed by atoms with E-state index in [9.17, 15) is 18.6 Å². The molecule has 0 radical (unpaired) electrons. The van der Waals surface area contributed by atoms with Crippen LogP contribution in [0.2, 0.25) is 0 Å². The van der Waals surface area contributed by atoms with Gasteiger partial charge in [-0.3, -0.25) is 0 Å². The quantitative estimate of drug-likeness (QED) is 0.663. The van der Waals surface area contributed by atoms with Gasteiger partial charge in [0.15, 0.2) is 0 Å². The van der Waals surface area contributed by atoms with Crippen molar-refractivity contribution in [1.29, 1.82) is 0 Å².